The lowest BCUT2D eigenvalue weighted by Gasteiger charge is -2.51. The van der Waals surface area contributed by atoms with Crippen molar-refractivity contribution in [3.8, 4) is 5.75 Å². The number of phenols is 1. The minimum Gasteiger partial charge on any atom is -0.508 e. The normalized spacial score (nSPS) is 32.0. The van der Waals surface area contributed by atoms with E-state index in [0.29, 0.717) is 49.1 Å². The summed E-state index contributed by atoms with van der Waals surface area (Å²) >= 11 is 0. The number of hydrogen-bond donors (Lipinski definition) is 1. The molecule has 182 valence electrons. The molecule has 1 aromatic heterocycles. The van der Waals surface area contributed by atoms with Crippen molar-refractivity contribution < 1.29 is 14.6 Å². The molecule has 0 radical (unpaired) electrons. The minimum atomic E-state index is 0.148. The number of carbonyl (C=O) groups excluding carboxylic acids is 1. The van der Waals surface area contributed by atoms with Crippen LogP contribution in [0.3, 0.4) is 0 Å². The molecule has 2 heterocycles. The average molecular weight is 464 g/mol. The lowest BCUT2D eigenvalue weighted by atomic mass is 9.53. The van der Waals surface area contributed by atoms with Crippen LogP contribution in [0.5, 0.6) is 5.75 Å². The Morgan fingerprint density at radius 1 is 1.24 bits per heavy atom. The zero-order valence-corrected chi connectivity index (χ0v) is 20.5. The lowest BCUT2D eigenvalue weighted by molar-refractivity contribution is -0.135. The molecule has 1 saturated carbocycles. The third kappa shape index (κ3) is 3.40. The first-order valence-corrected chi connectivity index (χ1v) is 13.2. The smallest absolute Gasteiger partial charge is 0.222 e. The van der Waals surface area contributed by atoms with Gasteiger partial charge in [0.05, 0.1) is 19.4 Å². The van der Waals surface area contributed by atoms with E-state index in [-0.39, 0.29) is 11.3 Å². The highest BCUT2D eigenvalue weighted by molar-refractivity contribution is 5.76. The maximum atomic E-state index is 12.8. The summed E-state index contributed by atoms with van der Waals surface area (Å²) in [4.78, 5) is 14.8. The molecule has 2 aromatic rings. The summed E-state index contributed by atoms with van der Waals surface area (Å²) in [5.74, 6) is 2.94. The van der Waals surface area contributed by atoms with Crippen LogP contribution in [0.15, 0.2) is 24.4 Å². The molecule has 34 heavy (non-hydrogen) atoms. The van der Waals surface area contributed by atoms with Crippen molar-refractivity contribution in [1.82, 2.24) is 14.7 Å². The molecule has 1 aliphatic heterocycles. The molecule has 1 saturated heterocycles. The average Bonchev–Trinajstić information content (AvgIpc) is 3.35. The van der Waals surface area contributed by atoms with Gasteiger partial charge in [0.2, 0.25) is 5.91 Å². The molecule has 6 heteroatoms. The SMILES string of the molecule is Cn1ncc2c1[C@@]1(C)CC[C@@H]3c4ccc(O)cc4CC[C@H]3[C@@H]1[C@H]2CCCC(=O)N1CCOCC1. The summed E-state index contributed by atoms with van der Waals surface area (Å²) in [5.41, 5.74) is 5.83. The Hall–Kier alpha value is -2.34. The van der Waals surface area contributed by atoms with Gasteiger partial charge in [-0.25, -0.2) is 0 Å². The quantitative estimate of drug-likeness (QED) is 0.736. The second-order valence-electron chi connectivity index (χ2n) is 11.2. The Labute approximate surface area is 202 Å². The molecule has 1 N–H and O–H groups in total. The molecule has 5 atom stereocenters. The van der Waals surface area contributed by atoms with Gasteiger partial charge in [0.1, 0.15) is 5.75 Å². The van der Waals surface area contributed by atoms with Crippen LogP contribution in [0.25, 0.3) is 0 Å². The first-order chi connectivity index (χ1) is 16.5. The number of phenolic OH excluding ortho intramolecular Hbond substituents is 1. The molecule has 1 aromatic carbocycles. The first kappa shape index (κ1) is 22.1. The molecular formula is C28H37N3O3. The van der Waals surface area contributed by atoms with Crippen molar-refractivity contribution in [1.29, 1.82) is 0 Å². The number of fused-ring (bicyclic) bond motifs is 7. The van der Waals surface area contributed by atoms with Gasteiger partial charge in [-0.15, -0.1) is 0 Å². The van der Waals surface area contributed by atoms with Crippen molar-refractivity contribution in [2.24, 2.45) is 18.9 Å². The monoisotopic (exact) mass is 463 g/mol. The summed E-state index contributed by atoms with van der Waals surface area (Å²) in [6, 6.07) is 6.04. The molecular weight excluding hydrogens is 426 g/mol. The van der Waals surface area contributed by atoms with Gasteiger partial charge in [0.15, 0.2) is 0 Å². The van der Waals surface area contributed by atoms with Crippen molar-refractivity contribution >= 4 is 5.91 Å². The van der Waals surface area contributed by atoms with Crippen LogP contribution >= 0.6 is 0 Å². The van der Waals surface area contributed by atoms with Crippen LogP contribution in [-0.2, 0) is 28.4 Å². The van der Waals surface area contributed by atoms with Gasteiger partial charge in [0, 0.05) is 37.7 Å². The molecule has 1 amide bonds. The second-order valence-corrected chi connectivity index (χ2v) is 11.2. The predicted octanol–water partition coefficient (Wildman–Crippen LogP) is 4.27. The summed E-state index contributed by atoms with van der Waals surface area (Å²) in [6.07, 6.45) is 9.35. The van der Waals surface area contributed by atoms with E-state index >= 15 is 0 Å². The Morgan fingerprint density at radius 3 is 2.88 bits per heavy atom. The number of amides is 1. The van der Waals surface area contributed by atoms with E-state index in [1.807, 2.05) is 17.0 Å². The van der Waals surface area contributed by atoms with Gasteiger partial charge in [-0.2, -0.15) is 5.10 Å². The third-order valence-electron chi connectivity index (χ3n) is 9.57. The van der Waals surface area contributed by atoms with Crippen LogP contribution in [0, 0.1) is 11.8 Å². The summed E-state index contributed by atoms with van der Waals surface area (Å²) in [6.45, 7) is 5.27. The van der Waals surface area contributed by atoms with Crippen LogP contribution in [-0.4, -0.2) is 52.0 Å². The van der Waals surface area contributed by atoms with Gasteiger partial charge in [-0.05, 0) is 91.0 Å². The zero-order valence-electron chi connectivity index (χ0n) is 20.5. The van der Waals surface area contributed by atoms with Crippen LogP contribution in [0.4, 0.5) is 0 Å². The molecule has 3 aliphatic carbocycles. The highest BCUT2D eigenvalue weighted by atomic mass is 16.5. The van der Waals surface area contributed by atoms with Gasteiger partial charge < -0.3 is 14.7 Å². The van der Waals surface area contributed by atoms with E-state index in [1.54, 1.807) is 0 Å². The van der Waals surface area contributed by atoms with Crippen molar-refractivity contribution in [2.75, 3.05) is 26.3 Å². The van der Waals surface area contributed by atoms with Crippen LogP contribution in [0.2, 0.25) is 0 Å². The Balaban J connectivity index is 1.26. The predicted molar refractivity (Wildman–Crippen MR) is 130 cm³/mol. The van der Waals surface area contributed by atoms with Crippen LogP contribution in [0.1, 0.15) is 79.7 Å². The van der Waals surface area contributed by atoms with Gasteiger partial charge in [-0.1, -0.05) is 13.0 Å². The van der Waals surface area contributed by atoms with Crippen molar-refractivity contribution in [2.45, 2.75) is 69.1 Å². The standard InChI is InChI=1S/C28H37N3O3/c1-28-11-10-21-20-9-7-19(32)16-18(20)6-8-23(21)26(28)22(24-17-29-30(2)27(24)28)4-3-5-25(33)31-12-14-34-15-13-31/h7,9,16-17,21-23,26,32H,3-6,8,10-15H2,1-2H3/t21-,22+,23-,26+,28+/m1/s1. The number of morpholine rings is 1. The van der Waals surface area contributed by atoms with Gasteiger partial charge in [-0.3, -0.25) is 9.48 Å². The molecule has 0 bridgehead atoms. The number of nitrogens with zero attached hydrogens (tertiary/aromatic N) is 3. The Morgan fingerprint density at radius 2 is 2.06 bits per heavy atom. The summed E-state index contributed by atoms with van der Waals surface area (Å²) < 4.78 is 7.55. The number of aromatic hydroxyl groups is 1. The number of carbonyl (C=O) groups is 1. The Bertz CT molecular complexity index is 1090. The fraction of sp³-hybridized carbons (Fsp3) is 0.643. The first-order valence-electron chi connectivity index (χ1n) is 13.2. The minimum absolute atomic E-state index is 0.148. The van der Waals surface area contributed by atoms with E-state index in [1.165, 1.54) is 41.6 Å². The van der Waals surface area contributed by atoms with E-state index in [4.69, 9.17) is 9.84 Å². The third-order valence-corrected chi connectivity index (χ3v) is 9.57. The lowest BCUT2D eigenvalue weighted by Crippen LogP contribution is -2.45. The molecule has 0 unspecified atom stereocenters. The number of benzene rings is 1. The number of aryl methyl sites for hydroxylation is 2. The van der Waals surface area contributed by atoms with Crippen molar-refractivity contribution in [3.63, 3.8) is 0 Å². The van der Waals surface area contributed by atoms with E-state index < -0.39 is 0 Å². The van der Waals surface area contributed by atoms with E-state index in [2.05, 4.69) is 30.9 Å². The second kappa shape index (κ2) is 8.40. The Kier molecular flexibility index (Phi) is 5.47. The molecule has 4 aliphatic rings. The fourth-order valence-electron chi connectivity index (χ4n) is 8.23. The van der Waals surface area contributed by atoms with E-state index in [0.717, 1.165) is 32.4 Å². The van der Waals surface area contributed by atoms with Gasteiger partial charge >= 0.3 is 0 Å². The summed E-state index contributed by atoms with van der Waals surface area (Å²) in [5, 5.41) is 14.7. The highest BCUT2D eigenvalue weighted by Gasteiger charge is 2.58. The summed E-state index contributed by atoms with van der Waals surface area (Å²) in [7, 11) is 2.11. The molecule has 2 fully saturated rings. The topological polar surface area (TPSA) is 67.6 Å². The van der Waals surface area contributed by atoms with Crippen LogP contribution < -0.4 is 0 Å². The molecule has 6 rings (SSSR count). The van der Waals surface area contributed by atoms with E-state index in [9.17, 15) is 9.90 Å². The van der Waals surface area contributed by atoms with Gasteiger partial charge in [0.25, 0.3) is 0 Å². The largest absolute Gasteiger partial charge is 0.508 e. The maximum Gasteiger partial charge on any atom is 0.222 e. The number of aromatic nitrogens is 2. The molecule has 0 spiro atoms. The number of ether oxygens (including phenoxy) is 1. The number of rotatable bonds is 4. The fourth-order valence-corrected chi connectivity index (χ4v) is 8.23. The van der Waals surface area contributed by atoms with Crippen molar-refractivity contribution in [3.05, 3.63) is 46.8 Å². The zero-order chi connectivity index (χ0) is 23.4. The highest BCUT2D eigenvalue weighted by Crippen LogP contribution is 2.64. The molecule has 6 nitrogen and oxygen atoms in total. The number of hydrogen-bond acceptors (Lipinski definition) is 4. The maximum absolute atomic E-state index is 12.8.